The molecule has 1 atom stereocenters. The monoisotopic (exact) mass is 257 g/mol. The van der Waals surface area contributed by atoms with Crippen molar-refractivity contribution >= 4 is 23.4 Å². The zero-order valence-electron chi connectivity index (χ0n) is 9.37. The van der Waals surface area contributed by atoms with Crippen LogP contribution in [-0.4, -0.2) is 28.3 Å². The number of rotatable bonds is 3. The Balaban J connectivity index is 1.88. The maximum Gasteiger partial charge on any atom is 0.189 e. The van der Waals surface area contributed by atoms with Gasteiger partial charge in [-0.2, -0.15) is 0 Å². The molecular formula is C11H16ClN3S. The van der Waals surface area contributed by atoms with Crippen molar-refractivity contribution in [3.05, 3.63) is 16.9 Å². The van der Waals surface area contributed by atoms with Gasteiger partial charge in [0.25, 0.3) is 0 Å². The molecule has 3 nitrogen and oxygen atoms in total. The van der Waals surface area contributed by atoms with Crippen LogP contribution in [-0.2, 0) is 0 Å². The molecule has 1 saturated heterocycles. The molecule has 0 bridgehead atoms. The summed E-state index contributed by atoms with van der Waals surface area (Å²) in [6.07, 6.45) is 3.88. The van der Waals surface area contributed by atoms with E-state index in [0.29, 0.717) is 11.2 Å². The summed E-state index contributed by atoms with van der Waals surface area (Å²) in [4.78, 5) is 8.57. The maximum absolute atomic E-state index is 5.89. The molecule has 1 fully saturated rings. The minimum atomic E-state index is 0.534. The number of hydrogen-bond donors (Lipinski definition) is 1. The zero-order valence-corrected chi connectivity index (χ0v) is 10.9. The Labute approximate surface area is 105 Å². The molecule has 5 heteroatoms. The molecule has 1 aromatic rings. The summed E-state index contributed by atoms with van der Waals surface area (Å²) in [5.41, 5.74) is 0.930. The van der Waals surface area contributed by atoms with Crippen LogP contribution in [0.3, 0.4) is 0 Å². The second-order valence-electron chi connectivity index (χ2n) is 4.07. The van der Waals surface area contributed by atoms with Gasteiger partial charge in [-0.05, 0) is 32.4 Å². The van der Waals surface area contributed by atoms with Crippen molar-refractivity contribution in [1.82, 2.24) is 15.3 Å². The highest BCUT2D eigenvalue weighted by atomic mass is 35.5. The van der Waals surface area contributed by atoms with Crippen LogP contribution in [0.1, 0.15) is 25.0 Å². The van der Waals surface area contributed by atoms with Crippen molar-refractivity contribution in [1.29, 1.82) is 0 Å². The minimum Gasteiger partial charge on any atom is -0.313 e. The van der Waals surface area contributed by atoms with Crippen LogP contribution >= 0.6 is 23.4 Å². The van der Waals surface area contributed by atoms with Crippen LogP contribution in [0.4, 0.5) is 0 Å². The molecule has 1 aliphatic heterocycles. The highest BCUT2D eigenvalue weighted by Crippen LogP contribution is 2.20. The van der Waals surface area contributed by atoms with Gasteiger partial charge < -0.3 is 5.32 Å². The van der Waals surface area contributed by atoms with Crippen LogP contribution < -0.4 is 5.32 Å². The molecule has 2 rings (SSSR count). The average molecular weight is 258 g/mol. The number of aryl methyl sites for hydroxylation is 1. The normalized spacial score (nSPS) is 21.0. The van der Waals surface area contributed by atoms with E-state index in [1.54, 1.807) is 17.8 Å². The first-order valence-electron chi connectivity index (χ1n) is 5.61. The van der Waals surface area contributed by atoms with Gasteiger partial charge in [-0.25, -0.2) is 9.97 Å². The number of piperidine rings is 1. The highest BCUT2D eigenvalue weighted by molar-refractivity contribution is 7.99. The summed E-state index contributed by atoms with van der Waals surface area (Å²) in [6.45, 7) is 3.08. The Hall–Kier alpha value is -0.320. The van der Waals surface area contributed by atoms with Crippen molar-refractivity contribution in [3.63, 3.8) is 0 Å². The van der Waals surface area contributed by atoms with Gasteiger partial charge in [-0.3, -0.25) is 0 Å². The molecule has 0 aliphatic carbocycles. The fraction of sp³-hybridized carbons (Fsp3) is 0.636. The predicted octanol–water partition coefficient (Wildman–Crippen LogP) is 2.67. The Kier molecular flexibility index (Phi) is 4.44. The van der Waals surface area contributed by atoms with Crippen molar-refractivity contribution in [2.45, 2.75) is 37.4 Å². The van der Waals surface area contributed by atoms with Crippen molar-refractivity contribution < 1.29 is 0 Å². The van der Waals surface area contributed by atoms with Gasteiger partial charge in [-0.15, -0.1) is 0 Å². The van der Waals surface area contributed by atoms with Gasteiger partial charge in [0.1, 0.15) is 5.15 Å². The summed E-state index contributed by atoms with van der Waals surface area (Å²) in [5, 5.41) is 4.83. The molecule has 0 amide bonds. The van der Waals surface area contributed by atoms with E-state index >= 15 is 0 Å². The molecule has 1 aromatic heterocycles. The lowest BCUT2D eigenvalue weighted by molar-refractivity contribution is 0.429. The number of halogens is 1. The Morgan fingerprint density at radius 2 is 2.38 bits per heavy atom. The maximum atomic E-state index is 5.89. The molecule has 0 aromatic carbocycles. The molecule has 0 saturated carbocycles. The molecule has 0 radical (unpaired) electrons. The lowest BCUT2D eigenvalue weighted by atomic mass is 10.1. The van der Waals surface area contributed by atoms with E-state index in [2.05, 4.69) is 15.3 Å². The minimum absolute atomic E-state index is 0.534. The molecule has 16 heavy (non-hydrogen) atoms. The van der Waals surface area contributed by atoms with Crippen molar-refractivity contribution in [3.8, 4) is 0 Å². The fourth-order valence-corrected chi connectivity index (χ4v) is 3.10. The van der Waals surface area contributed by atoms with Crippen molar-refractivity contribution in [2.75, 3.05) is 12.3 Å². The quantitative estimate of drug-likeness (QED) is 0.513. The van der Waals surface area contributed by atoms with Gasteiger partial charge in [0.2, 0.25) is 0 Å². The molecule has 88 valence electrons. The summed E-state index contributed by atoms with van der Waals surface area (Å²) < 4.78 is 0. The van der Waals surface area contributed by atoms with Gasteiger partial charge >= 0.3 is 0 Å². The number of hydrogen-bond acceptors (Lipinski definition) is 4. The molecule has 0 spiro atoms. The van der Waals surface area contributed by atoms with Crippen molar-refractivity contribution in [2.24, 2.45) is 0 Å². The number of nitrogens with zero attached hydrogens (tertiary/aromatic N) is 2. The first kappa shape index (κ1) is 12.1. The van der Waals surface area contributed by atoms with Crippen LogP contribution in [0.15, 0.2) is 11.2 Å². The summed E-state index contributed by atoms with van der Waals surface area (Å²) in [6, 6.07) is 2.38. The smallest absolute Gasteiger partial charge is 0.189 e. The average Bonchev–Trinajstić information content (AvgIpc) is 2.27. The van der Waals surface area contributed by atoms with E-state index in [1.165, 1.54) is 19.3 Å². The standard InChI is InChI=1S/C11H16ClN3S/c1-8-6-10(12)15-11(14-8)16-7-9-4-2-3-5-13-9/h6,9,13H,2-5,7H2,1H3/t9-/m0/s1. The second kappa shape index (κ2) is 5.84. The van der Waals surface area contributed by atoms with Gasteiger partial charge in [0.15, 0.2) is 5.16 Å². The predicted molar refractivity (Wildman–Crippen MR) is 68.1 cm³/mol. The SMILES string of the molecule is Cc1cc(Cl)nc(SC[C@@H]2CCCCN2)n1. The van der Waals surface area contributed by atoms with Gasteiger partial charge in [0.05, 0.1) is 0 Å². The molecule has 0 unspecified atom stereocenters. The molecule has 1 N–H and O–H groups in total. The summed E-state index contributed by atoms with van der Waals surface area (Å²) in [7, 11) is 0. The number of aromatic nitrogens is 2. The Bertz CT molecular complexity index is 333. The van der Waals surface area contributed by atoms with E-state index in [1.807, 2.05) is 6.92 Å². The van der Waals surface area contributed by atoms with E-state index in [0.717, 1.165) is 23.1 Å². The molecule has 1 aliphatic rings. The topological polar surface area (TPSA) is 37.8 Å². The van der Waals surface area contributed by atoms with Crippen LogP contribution in [0.2, 0.25) is 5.15 Å². The van der Waals surface area contributed by atoms with E-state index in [9.17, 15) is 0 Å². The third-order valence-electron chi connectivity index (χ3n) is 2.63. The molecular weight excluding hydrogens is 242 g/mol. The largest absolute Gasteiger partial charge is 0.313 e. The Morgan fingerprint density at radius 3 is 3.06 bits per heavy atom. The second-order valence-corrected chi connectivity index (χ2v) is 5.45. The van der Waals surface area contributed by atoms with E-state index < -0.39 is 0 Å². The number of nitrogens with one attached hydrogen (secondary N) is 1. The summed E-state index contributed by atoms with van der Waals surface area (Å²) in [5.74, 6) is 1.03. The van der Waals surface area contributed by atoms with Gasteiger partial charge in [-0.1, -0.05) is 29.8 Å². The summed E-state index contributed by atoms with van der Waals surface area (Å²) >= 11 is 7.58. The van der Waals surface area contributed by atoms with Crippen LogP contribution in [0.5, 0.6) is 0 Å². The van der Waals surface area contributed by atoms with E-state index in [-0.39, 0.29) is 0 Å². The Morgan fingerprint density at radius 1 is 1.50 bits per heavy atom. The highest BCUT2D eigenvalue weighted by Gasteiger charge is 2.13. The third-order valence-corrected chi connectivity index (χ3v) is 3.83. The van der Waals surface area contributed by atoms with Gasteiger partial charge in [0, 0.05) is 17.5 Å². The fourth-order valence-electron chi connectivity index (χ4n) is 1.81. The number of thioether (sulfide) groups is 1. The zero-order chi connectivity index (χ0) is 11.4. The van der Waals surface area contributed by atoms with Crippen LogP contribution in [0, 0.1) is 6.92 Å². The van der Waals surface area contributed by atoms with Crippen LogP contribution in [0.25, 0.3) is 0 Å². The first-order chi connectivity index (χ1) is 7.74. The third kappa shape index (κ3) is 3.61. The first-order valence-corrected chi connectivity index (χ1v) is 6.98. The lowest BCUT2D eigenvalue weighted by Crippen LogP contribution is -2.35. The molecule has 2 heterocycles. The van der Waals surface area contributed by atoms with E-state index in [4.69, 9.17) is 11.6 Å². The lowest BCUT2D eigenvalue weighted by Gasteiger charge is -2.22.